The SMILES string of the molecule is Cn1c(SCc2cc(F)cc3c2OC(c2ccccc2)OC3)nnc1-c1ccco1. The van der Waals surface area contributed by atoms with E-state index in [0.29, 0.717) is 33.8 Å². The van der Waals surface area contributed by atoms with Gasteiger partial charge in [0.1, 0.15) is 11.6 Å². The fourth-order valence-corrected chi connectivity index (χ4v) is 4.24. The van der Waals surface area contributed by atoms with Gasteiger partial charge in [-0.1, -0.05) is 42.1 Å². The molecule has 0 bridgehead atoms. The second kappa shape index (κ2) is 7.97. The zero-order chi connectivity index (χ0) is 20.5. The minimum Gasteiger partial charge on any atom is -0.461 e. The number of rotatable bonds is 5. The number of furan rings is 1. The van der Waals surface area contributed by atoms with Crippen molar-refractivity contribution in [3.05, 3.63) is 83.4 Å². The molecule has 6 nitrogen and oxygen atoms in total. The van der Waals surface area contributed by atoms with Crippen LogP contribution in [0.5, 0.6) is 5.75 Å². The summed E-state index contributed by atoms with van der Waals surface area (Å²) in [7, 11) is 1.87. The topological polar surface area (TPSA) is 62.3 Å². The average molecular weight is 423 g/mol. The van der Waals surface area contributed by atoms with Gasteiger partial charge in [0.25, 0.3) is 0 Å². The Hall–Kier alpha value is -3.10. The van der Waals surface area contributed by atoms with Crippen LogP contribution in [0.2, 0.25) is 0 Å². The third-order valence-electron chi connectivity index (χ3n) is 4.83. The normalized spacial score (nSPS) is 15.6. The maximum Gasteiger partial charge on any atom is 0.227 e. The molecule has 0 aliphatic carbocycles. The Bertz CT molecular complexity index is 1160. The summed E-state index contributed by atoms with van der Waals surface area (Å²) in [6.45, 7) is 0.289. The van der Waals surface area contributed by atoms with Crippen LogP contribution in [0, 0.1) is 5.82 Å². The van der Waals surface area contributed by atoms with Gasteiger partial charge < -0.3 is 18.5 Å². The molecule has 8 heteroatoms. The van der Waals surface area contributed by atoms with Crippen molar-refractivity contribution in [2.24, 2.45) is 7.05 Å². The largest absolute Gasteiger partial charge is 0.461 e. The molecule has 1 aliphatic rings. The van der Waals surface area contributed by atoms with Gasteiger partial charge in [-0.15, -0.1) is 10.2 Å². The van der Waals surface area contributed by atoms with Gasteiger partial charge in [0.15, 0.2) is 16.7 Å². The van der Waals surface area contributed by atoms with Crippen molar-refractivity contribution in [2.75, 3.05) is 0 Å². The molecular formula is C22H18FN3O3S. The maximum absolute atomic E-state index is 14.2. The minimum absolute atomic E-state index is 0.289. The number of thioether (sulfide) groups is 1. The number of nitrogens with zero attached hydrogens (tertiary/aromatic N) is 3. The van der Waals surface area contributed by atoms with Crippen LogP contribution in [-0.2, 0) is 24.1 Å². The summed E-state index contributed by atoms with van der Waals surface area (Å²) in [6, 6.07) is 16.3. The van der Waals surface area contributed by atoms with E-state index in [0.717, 1.165) is 11.1 Å². The summed E-state index contributed by atoms with van der Waals surface area (Å²) < 4.78 is 33.4. The Kier molecular flexibility index (Phi) is 5.02. The Labute approximate surface area is 176 Å². The lowest BCUT2D eigenvalue weighted by Crippen LogP contribution is -2.19. The van der Waals surface area contributed by atoms with Gasteiger partial charge in [-0.05, 0) is 24.3 Å². The molecule has 0 fully saturated rings. The summed E-state index contributed by atoms with van der Waals surface area (Å²) in [5.74, 6) is 2.11. The van der Waals surface area contributed by atoms with Crippen LogP contribution in [0.15, 0.2) is 70.4 Å². The molecule has 0 saturated heterocycles. The molecule has 2 aromatic heterocycles. The number of ether oxygens (including phenoxy) is 2. The Morgan fingerprint density at radius 1 is 1.13 bits per heavy atom. The lowest BCUT2D eigenvalue weighted by molar-refractivity contribution is -0.112. The zero-order valence-electron chi connectivity index (χ0n) is 16.1. The highest BCUT2D eigenvalue weighted by molar-refractivity contribution is 7.98. The Morgan fingerprint density at radius 3 is 2.80 bits per heavy atom. The van der Waals surface area contributed by atoms with E-state index in [4.69, 9.17) is 13.9 Å². The molecule has 1 aliphatic heterocycles. The van der Waals surface area contributed by atoms with Crippen LogP contribution in [0.3, 0.4) is 0 Å². The molecule has 0 radical (unpaired) electrons. The molecule has 1 unspecified atom stereocenters. The van der Waals surface area contributed by atoms with E-state index in [1.54, 1.807) is 12.3 Å². The summed E-state index contributed by atoms with van der Waals surface area (Å²) in [4.78, 5) is 0. The van der Waals surface area contributed by atoms with Crippen molar-refractivity contribution in [3.63, 3.8) is 0 Å². The quantitative estimate of drug-likeness (QED) is 0.416. The van der Waals surface area contributed by atoms with E-state index >= 15 is 0 Å². The van der Waals surface area contributed by atoms with Crippen molar-refractivity contribution in [1.29, 1.82) is 0 Å². The second-order valence-corrected chi connectivity index (χ2v) is 7.80. The van der Waals surface area contributed by atoms with Gasteiger partial charge in [-0.2, -0.15) is 0 Å². The molecule has 152 valence electrons. The molecule has 30 heavy (non-hydrogen) atoms. The lowest BCUT2D eigenvalue weighted by Gasteiger charge is -2.28. The van der Waals surface area contributed by atoms with Gasteiger partial charge in [0.05, 0.1) is 12.9 Å². The van der Waals surface area contributed by atoms with Gasteiger partial charge in [-0.25, -0.2) is 4.39 Å². The van der Waals surface area contributed by atoms with Gasteiger partial charge >= 0.3 is 0 Å². The molecular weight excluding hydrogens is 405 g/mol. The van der Waals surface area contributed by atoms with Gasteiger partial charge in [0.2, 0.25) is 6.29 Å². The Morgan fingerprint density at radius 2 is 2.00 bits per heavy atom. The number of hydrogen-bond donors (Lipinski definition) is 0. The molecule has 5 rings (SSSR count). The minimum atomic E-state index is -0.520. The van der Waals surface area contributed by atoms with E-state index in [1.807, 2.05) is 48.0 Å². The molecule has 3 heterocycles. The number of benzene rings is 2. The van der Waals surface area contributed by atoms with Crippen LogP contribution in [0.4, 0.5) is 4.39 Å². The van der Waals surface area contributed by atoms with Crippen LogP contribution in [-0.4, -0.2) is 14.8 Å². The fourth-order valence-electron chi connectivity index (χ4n) is 3.36. The summed E-state index contributed by atoms with van der Waals surface area (Å²) in [5, 5.41) is 9.14. The lowest BCUT2D eigenvalue weighted by atomic mass is 10.1. The standard InChI is InChI=1S/C22H18FN3O3S/c1-26-20(18-8-5-9-27-18)24-25-22(26)30-13-16-11-17(23)10-15-12-28-21(29-19(15)16)14-6-3-2-4-7-14/h2-11,21H,12-13H2,1H3. The highest BCUT2D eigenvalue weighted by Gasteiger charge is 2.25. The van der Waals surface area contributed by atoms with Crippen molar-refractivity contribution in [3.8, 4) is 17.3 Å². The molecule has 2 aromatic carbocycles. The van der Waals surface area contributed by atoms with Crippen LogP contribution in [0.1, 0.15) is 23.0 Å². The molecule has 0 amide bonds. The predicted molar refractivity (Wildman–Crippen MR) is 109 cm³/mol. The zero-order valence-corrected chi connectivity index (χ0v) is 16.9. The van der Waals surface area contributed by atoms with E-state index < -0.39 is 6.29 Å². The fraction of sp³-hybridized carbons (Fsp3) is 0.182. The predicted octanol–water partition coefficient (Wildman–Crippen LogP) is 5.11. The average Bonchev–Trinajstić information content (AvgIpc) is 3.42. The maximum atomic E-state index is 14.2. The molecule has 4 aromatic rings. The Balaban J connectivity index is 1.39. The first-order chi connectivity index (χ1) is 14.7. The number of aromatic nitrogens is 3. The van der Waals surface area contributed by atoms with Crippen LogP contribution < -0.4 is 4.74 Å². The van der Waals surface area contributed by atoms with Crippen LogP contribution in [0.25, 0.3) is 11.6 Å². The molecule has 0 saturated carbocycles. The third kappa shape index (κ3) is 3.59. The molecule has 1 atom stereocenters. The number of halogens is 1. The summed E-state index contributed by atoms with van der Waals surface area (Å²) >= 11 is 1.46. The highest BCUT2D eigenvalue weighted by Crippen LogP contribution is 2.39. The van der Waals surface area contributed by atoms with Crippen molar-refractivity contribution in [2.45, 2.75) is 23.8 Å². The first-order valence-electron chi connectivity index (χ1n) is 9.39. The second-order valence-electron chi connectivity index (χ2n) is 6.86. The third-order valence-corrected chi connectivity index (χ3v) is 5.90. The van der Waals surface area contributed by atoms with E-state index in [2.05, 4.69) is 10.2 Å². The summed E-state index contributed by atoms with van der Waals surface area (Å²) in [6.07, 6.45) is 1.08. The van der Waals surface area contributed by atoms with Crippen molar-refractivity contribution >= 4 is 11.8 Å². The molecule has 0 spiro atoms. The molecule has 0 N–H and O–H groups in total. The van der Waals surface area contributed by atoms with Crippen molar-refractivity contribution in [1.82, 2.24) is 14.8 Å². The van der Waals surface area contributed by atoms with Crippen LogP contribution >= 0.6 is 11.8 Å². The van der Waals surface area contributed by atoms with Gasteiger partial charge in [-0.3, -0.25) is 0 Å². The number of fused-ring (bicyclic) bond motifs is 1. The first-order valence-corrected chi connectivity index (χ1v) is 10.4. The van der Waals surface area contributed by atoms with E-state index in [1.165, 1.54) is 23.9 Å². The number of hydrogen-bond acceptors (Lipinski definition) is 6. The highest BCUT2D eigenvalue weighted by atomic mass is 32.2. The first kappa shape index (κ1) is 18.9. The monoisotopic (exact) mass is 423 g/mol. The van der Waals surface area contributed by atoms with E-state index in [-0.39, 0.29) is 12.4 Å². The van der Waals surface area contributed by atoms with Gasteiger partial charge in [0, 0.05) is 29.5 Å². The van der Waals surface area contributed by atoms with Crippen molar-refractivity contribution < 1.29 is 18.3 Å². The summed E-state index contributed by atoms with van der Waals surface area (Å²) in [5.41, 5.74) is 2.37. The van der Waals surface area contributed by atoms with E-state index in [9.17, 15) is 4.39 Å². The smallest absolute Gasteiger partial charge is 0.227 e.